The minimum absolute atomic E-state index is 0.208. The van der Waals surface area contributed by atoms with E-state index in [1.807, 2.05) is 18.2 Å². The van der Waals surface area contributed by atoms with Gasteiger partial charge in [-0.25, -0.2) is 9.18 Å². The van der Waals surface area contributed by atoms with Crippen LogP contribution in [0.5, 0.6) is 0 Å². The number of carbonyl (C=O) groups excluding carboxylic acids is 1. The van der Waals surface area contributed by atoms with Gasteiger partial charge in [0.15, 0.2) is 0 Å². The fourth-order valence-corrected chi connectivity index (χ4v) is 2.27. The number of hydrogen-bond acceptors (Lipinski definition) is 2. The van der Waals surface area contributed by atoms with Gasteiger partial charge in [0.05, 0.1) is 0 Å². The van der Waals surface area contributed by atoms with Crippen LogP contribution in [0.25, 0.3) is 0 Å². The molecule has 0 spiro atoms. The highest BCUT2D eigenvalue weighted by molar-refractivity contribution is 5.96. The number of rotatable bonds is 4. The fraction of sp³-hybridized carbons (Fsp3) is 0.385. The van der Waals surface area contributed by atoms with Crippen molar-refractivity contribution < 1.29 is 19.1 Å². The second-order valence-corrected chi connectivity index (χ2v) is 4.44. The number of carboxylic acid groups (broad SMARTS) is 1. The molecule has 1 N–H and O–H groups in total. The summed E-state index contributed by atoms with van der Waals surface area (Å²) in [6, 6.07) is 8.01. The van der Waals surface area contributed by atoms with Gasteiger partial charge in [-0.1, -0.05) is 30.3 Å². The lowest BCUT2D eigenvalue weighted by atomic mass is 9.83. The highest BCUT2D eigenvalue weighted by Gasteiger charge is 2.54. The molecule has 0 saturated carbocycles. The van der Waals surface area contributed by atoms with Crippen LogP contribution in [0.3, 0.4) is 0 Å². The van der Waals surface area contributed by atoms with Crippen LogP contribution in [0, 0.1) is 5.92 Å². The summed E-state index contributed by atoms with van der Waals surface area (Å²) in [5, 5.41) is 9.06. The number of nitrogens with zero attached hydrogens (tertiary/aromatic N) is 1. The first kappa shape index (κ1) is 12.5. The second-order valence-electron chi connectivity index (χ2n) is 4.44. The number of carbonyl (C=O) groups is 2. The van der Waals surface area contributed by atoms with E-state index in [4.69, 9.17) is 5.11 Å². The van der Waals surface area contributed by atoms with Crippen molar-refractivity contribution in [3.63, 3.8) is 0 Å². The van der Waals surface area contributed by atoms with E-state index in [9.17, 15) is 14.0 Å². The molecule has 0 aromatic heterocycles. The summed E-state index contributed by atoms with van der Waals surface area (Å²) >= 11 is 0. The number of amides is 1. The Morgan fingerprint density at radius 3 is 2.56 bits per heavy atom. The van der Waals surface area contributed by atoms with Gasteiger partial charge >= 0.3 is 5.97 Å². The quantitative estimate of drug-likeness (QED) is 0.824. The van der Waals surface area contributed by atoms with Gasteiger partial charge in [0.1, 0.15) is 18.1 Å². The largest absolute Gasteiger partial charge is 0.480 e. The number of likely N-dealkylation sites (tertiary alicyclic amines) is 1. The molecular weight excluding hydrogens is 237 g/mol. The highest BCUT2D eigenvalue weighted by Crippen LogP contribution is 2.32. The normalized spacial score (nSPS) is 24.6. The standard InChI is InChI=1S/C13H14FNO3/c1-8(14)10-11(13(17)18)15(12(10)16)7-9-5-3-2-4-6-9/h2-6,8,10-11H,7H2,1H3,(H,17,18)/t8-,10-,11+/m1/s1. The first-order valence-corrected chi connectivity index (χ1v) is 5.73. The van der Waals surface area contributed by atoms with Crippen LogP contribution in [0.2, 0.25) is 0 Å². The molecule has 0 radical (unpaired) electrons. The van der Waals surface area contributed by atoms with Crippen molar-refractivity contribution in [1.82, 2.24) is 4.90 Å². The van der Waals surface area contributed by atoms with Crippen molar-refractivity contribution in [2.24, 2.45) is 5.92 Å². The van der Waals surface area contributed by atoms with Gasteiger partial charge in [0, 0.05) is 6.54 Å². The first-order chi connectivity index (χ1) is 8.52. The van der Waals surface area contributed by atoms with Crippen molar-refractivity contribution in [2.45, 2.75) is 25.7 Å². The number of alkyl halides is 1. The molecule has 1 aliphatic heterocycles. The van der Waals surface area contributed by atoms with E-state index < -0.39 is 30.0 Å². The molecular formula is C13H14FNO3. The van der Waals surface area contributed by atoms with Gasteiger partial charge in [-0.05, 0) is 12.5 Å². The minimum atomic E-state index is -1.44. The van der Waals surface area contributed by atoms with Crippen molar-refractivity contribution in [1.29, 1.82) is 0 Å². The first-order valence-electron chi connectivity index (χ1n) is 5.73. The summed E-state index contributed by atoms with van der Waals surface area (Å²) in [4.78, 5) is 24.0. The molecule has 3 atom stereocenters. The molecule has 1 heterocycles. The zero-order valence-corrected chi connectivity index (χ0v) is 9.91. The monoisotopic (exact) mass is 251 g/mol. The van der Waals surface area contributed by atoms with E-state index in [0.29, 0.717) is 0 Å². The number of carboxylic acids is 1. The number of halogens is 1. The zero-order chi connectivity index (χ0) is 13.3. The van der Waals surface area contributed by atoms with Gasteiger partial charge in [0.25, 0.3) is 0 Å². The van der Waals surface area contributed by atoms with E-state index in [1.165, 1.54) is 11.8 Å². The molecule has 1 aromatic carbocycles. The van der Waals surface area contributed by atoms with Crippen molar-refractivity contribution in [3.8, 4) is 0 Å². The van der Waals surface area contributed by atoms with Crippen molar-refractivity contribution in [3.05, 3.63) is 35.9 Å². The van der Waals surface area contributed by atoms with E-state index in [1.54, 1.807) is 12.1 Å². The molecule has 5 heteroatoms. The molecule has 0 bridgehead atoms. The molecule has 1 aliphatic rings. The third kappa shape index (κ3) is 2.08. The Morgan fingerprint density at radius 2 is 2.06 bits per heavy atom. The third-order valence-electron chi connectivity index (χ3n) is 3.19. The van der Waals surface area contributed by atoms with Gasteiger partial charge in [0.2, 0.25) is 5.91 Å². The second kappa shape index (κ2) is 4.76. The molecule has 2 rings (SSSR count). The molecule has 1 fully saturated rings. The molecule has 1 amide bonds. The van der Waals surface area contributed by atoms with Crippen LogP contribution in [-0.4, -0.2) is 34.1 Å². The third-order valence-corrected chi connectivity index (χ3v) is 3.19. The topological polar surface area (TPSA) is 57.6 Å². The summed E-state index contributed by atoms with van der Waals surface area (Å²) in [5.74, 6) is -2.63. The van der Waals surface area contributed by atoms with E-state index in [0.717, 1.165) is 5.56 Å². The average molecular weight is 251 g/mol. The van der Waals surface area contributed by atoms with Gasteiger partial charge in [-0.2, -0.15) is 0 Å². The van der Waals surface area contributed by atoms with E-state index >= 15 is 0 Å². The molecule has 4 nitrogen and oxygen atoms in total. The Bertz CT molecular complexity index is 461. The van der Waals surface area contributed by atoms with Gasteiger partial charge < -0.3 is 10.0 Å². The SMILES string of the molecule is C[C@@H](F)[C@H]1C(=O)N(Cc2ccccc2)[C@@H]1C(=O)O. The van der Waals surface area contributed by atoms with Crippen LogP contribution in [-0.2, 0) is 16.1 Å². The highest BCUT2D eigenvalue weighted by atomic mass is 19.1. The zero-order valence-electron chi connectivity index (χ0n) is 9.91. The molecule has 0 unspecified atom stereocenters. The summed E-state index contributed by atoms with van der Waals surface area (Å²) in [6.45, 7) is 1.43. The predicted octanol–water partition coefficient (Wildman–Crippen LogP) is 1.46. The Kier molecular flexibility index (Phi) is 3.32. The number of hydrogen-bond donors (Lipinski definition) is 1. The van der Waals surface area contributed by atoms with Gasteiger partial charge in [-0.15, -0.1) is 0 Å². The van der Waals surface area contributed by atoms with Gasteiger partial charge in [-0.3, -0.25) is 4.79 Å². The number of β-lactam (4-membered cyclic amide) rings is 1. The summed E-state index contributed by atoms with van der Waals surface area (Å²) in [6.07, 6.45) is -1.44. The maximum absolute atomic E-state index is 13.2. The number of aliphatic carboxylic acids is 1. The molecule has 0 aliphatic carbocycles. The van der Waals surface area contributed by atoms with Crippen LogP contribution in [0.15, 0.2) is 30.3 Å². The smallest absolute Gasteiger partial charge is 0.327 e. The Balaban J connectivity index is 2.14. The maximum Gasteiger partial charge on any atom is 0.327 e. The molecule has 1 aromatic rings. The van der Waals surface area contributed by atoms with E-state index in [-0.39, 0.29) is 6.54 Å². The number of benzene rings is 1. The summed E-state index contributed by atoms with van der Waals surface area (Å²) in [5.41, 5.74) is 0.835. The van der Waals surface area contributed by atoms with Crippen LogP contribution in [0.1, 0.15) is 12.5 Å². The Morgan fingerprint density at radius 1 is 1.44 bits per heavy atom. The summed E-state index contributed by atoms with van der Waals surface area (Å²) < 4.78 is 13.2. The van der Waals surface area contributed by atoms with Crippen LogP contribution < -0.4 is 0 Å². The summed E-state index contributed by atoms with van der Waals surface area (Å²) in [7, 11) is 0. The van der Waals surface area contributed by atoms with Crippen LogP contribution in [0.4, 0.5) is 4.39 Å². The maximum atomic E-state index is 13.2. The molecule has 1 saturated heterocycles. The van der Waals surface area contributed by atoms with Crippen LogP contribution >= 0.6 is 0 Å². The van der Waals surface area contributed by atoms with Crippen molar-refractivity contribution in [2.75, 3.05) is 0 Å². The minimum Gasteiger partial charge on any atom is -0.480 e. The van der Waals surface area contributed by atoms with Crippen molar-refractivity contribution >= 4 is 11.9 Å². The lowest BCUT2D eigenvalue weighted by Gasteiger charge is -2.45. The lowest BCUT2D eigenvalue weighted by Crippen LogP contribution is -2.66. The fourth-order valence-electron chi connectivity index (χ4n) is 2.27. The van der Waals surface area contributed by atoms with E-state index in [2.05, 4.69) is 0 Å². The lowest BCUT2D eigenvalue weighted by molar-refractivity contribution is -0.175. The Hall–Kier alpha value is -1.91. The average Bonchev–Trinajstić information content (AvgIpc) is 2.32. The Labute approximate surface area is 104 Å². The molecule has 96 valence electrons. The predicted molar refractivity (Wildman–Crippen MR) is 62.5 cm³/mol. The molecule has 18 heavy (non-hydrogen) atoms.